The summed E-state index contributed by atoms with van der Waals surface area (Å²) in [5.41, 5.74) is 0.666. The minimum Gasteiger partial charge on any atom is -0.258 e. The Kier molecular flexibility index (Phi) is 2.09. The van der Waals surface area contributed by atoms with Crippen LogP contribution >= 0.6 is 12.6 Å². The zero-order chi connectivity index (χ0) is 8.43. The van der Waals surface area contributed by atoms with Crippen molar-refractivity contribution in [1.29, 1.82) is 0 Å². The molecule has 0 saturated heterocycles. The van der Waals surface area contributed by atoms with Gasteiger partial charge in [0.15, 0.2) is 0 Å². The number of thiol groups is 1. The quantitative estimate of drug-likeness (QED) is 0.395. The highest BCUT2D eigenvalue weighted by atomic mass is 32.1. The first-order chi connectivity index (χ1) is 5.11. The normalized spacial score (nSPS) is 9.64. The molecule has 0 aliphatic carbocycles. The van der Waals surface area contributed by atoms with E-state index < -0.39 is 4.92 Å². The van der Waals surface area contributed by atoms with Gasteiger partial charge < -0.3 is 0 Å². The van der Waals surface area contributed by atoms with Crippen LogP contribution in [0.1, 0.15) is 5.69 Å². The van der Waals surface area contributed by atoms with Gasteiger partial charge in [0.2, 0.25) is 0 Å². The number of rotatable bonds is 1. The van der Waals surface area contributed by atoms with Gasteiger partial charge in [-0.05, 0) is 6.92 Å². The number of nitro groups is 1. The fraction of sp³-hybridized carbons (Fsp3) is 0.167. The van der Waals surface area contributed by atoms with Crippen LogP contribution in [0.3, 0.4) is 0 Å². The number of aromatic nitrogens is 1. The van der Waals surface area contributed by atoms with Crippen LogP contribution in [-0.4, -0.2) is 9.91 Å². The zero-order valence-electron chi connectivity index (χ0n) is 5.81. The van der Waals surface area contributed by atoms with Gasteiger partial charge in [0.25, 0.3) is 5.69 Å². The third kappa shape index (κ3) is 1.68. The summed E-state index contributed by atoms with van der Waals surface area (Å²) in [5.74, 6) is 0. The summed E-state index contributed by atoms with van der Waals surface area (Å²) in [6.07, 6.45) is 1.22. The molecule has 0 unspecified atom stereocenters. The molecule has 0 saturated carbocycles. The first-order valence-electron chi connectivity index (χ1n) is 2.91. The minimum absolute atomic E-state index is 0.0272. The van der Waals surface area contributed by atoms with Crippen molar-refractivity contribution in [2.75, 3.05) is 0 Å². The molecule has 0 aliphatic heterocycles. The molecule has 5 heteroatoms. The first-order valence-corrected chi connectivity index (χ1v) is 3.36. The lowest BCUT2D eigenvalue weighted by Gasteiger charge is -1.95. The Morgan fingerprint density at radius 3 is 2.82 bits per heavy atom. The molecule has 1 heterocycles. The minimum atomic E-state index is -0.494. The van der Waals surface area contributed by atoms with Gasteiger partial charge in [-0.25, -0.2) is 0 Å². The molecule has 0 bridgehead atoms. The first kappa shape index (κ1) is 8.00. The van der Waals surface area contributed by atoms with E-state index in [0.29, 0.717) is 10.6 Å². The summed E-state index contributed by atoms with van der Waals surface area (Å²) in [7, 11) is 0. The van der Waals surface area contributed by atoms with Gasteiger partial charge >= 0.3 is 0 Å². The topological polar surface area (TPSA) is 56.0 Å². The van der Waals surface area contributed by atoms with E-state index in [1.807, 2.05) is 0 Å². The predicted molar refractivity (Wildman–Crippen MR) is 42.9 cm³/mol. The molecule has 0 aromatic carbocycles. The molecule has 0 N–H and O–H groups in total. The van der Waals surface area contributed by atoms with Crippen molar-refractivity contribution in [2.24, 2.45) is 0 Å². The van der Waals surface area contributed by atoms with E-state index >= 15 is 0 Å². The van der Waals surface area contributed by atoms with Gasteiger partial charge in [-0.1, -0.05) is 0 Å². The molecule has 1 rings (SSSR count). The van der Waals surface area contributed by atoms with E-state index in [9.17, 15) is 10.1 Å². The molecule has 0 amide bonds. The number of aryl methyl sites for hydroxylation is 1. The summed E-state index contributed by atoms with van der Waals surface area (Å²) in [6, 6.07) is 1.38. The van der Waals surface area contributed by atoms with Gasteiger partial charge in [0.05, 0.1) is 10.6 Å². The summed E-state index contributed by atoms with van der Waals surface area (Å²) in [4.78, 5) is 14.0. The van der Waals surface area contributed by atoms with Gasteiger partial charge in [0, 0.05) is 11.0 Å². The van der Waals surface area contributed by atoms with Crippen LogP contribution in [0.5, 0.6) is 0 Å². The van der Waals surface area contributed by atoms with Crippen LogP contribution in [-0.2, 0) is 0 Å². The van der Waals surface area contributed by atoms with Gasteiger partial charge in [-0.2, -0.15) is 0 Å². The Bertz CT molecular complexity index is 301. The van der Waals surface area contributed by atoms with E-state index in [2.05, 4.69) is 17.6 Å². The maximum Gasteiger partial charge on any atom is 0.288 e. The lowest BCUT2D eigenvalue weighted by atomic mass is 10.3. The molecule has 11 heavy (non-hydrogen) atoms. The zero-order valence-corrected chi connectivity index (χ0v) is 6.71. The number of nitrogens with zero attached hydrogens (tertiary/aromatic N) is 2. The molecule has 0 fully saturated rings. The van der Waals surface area contributed by atoms with Crippen molar-refractivity contribution in [3.8, 4) is 0 Å². The van der Waals surface area contributed by atoms with Crippen molar-refractivity contribution in [2.45, 2.75) is 11.8 Å². The van der Waals surface area contributed by atoms with Crippen LogP contribution in [0.25, 0.3) is 0 Å². The number of pyridine rings is 1. The van der Waals surface area contributed by atoms with Crippen LogP contribution in [0.4, 0.5) is 5.69 Å². The smallest absolute Gasteiger partial charge is 0.258 e. The monoisotopic (exact) mass is 170 g/mol. The Morgan fingerprint density at radius 1 is 1.73 bits per heavy atom. The van der Waals surface area contributed by atoms with Gasteiger partial charge in [-0.15, -0.1) is 12.6 Å². The maximum absolute atomic E-state index is 10.2. The summed E-state index contributed by atoms with van der Waals surface area (Å²) >= 11 is 4.00. The molecule has 0 aliphatic rings. The highest BCUT2D eigenvalue weighted by Gasteiger charge is 2.06. The molecule has 0 atom stereocenters. The Balaban J connectivity index is 3.15. The third-order valence-electron chi connectivity index (χ3n) is 1.26. The Morgan fingerprint density at radius 2 is 2.36 bits per heavy atom. The SMILES string of the molecule is Cc1ncc([N+](=O)[O-])cc1S. The number of hydrogen-bond acceptors (Lipinski definition) is 4. The second-order valence-corrected chi connectivity index (χ2v) is 2.54. The average Bonchev–Trinajstić information content (AvgIpc) is 1.94. The van der Waals surface area contributed by atoms with Crippen molar-refractivity contribution in [3.05, 3.63) is 28.1 Å². The summed E-state index contributed by atoms with van der Waals surface area (Å²) < 4.78 is 0. The van der Waals surface area contributed by atoms with Crippen molar-refractivity contribution >= 4 is 18.3 Å². The van der Waals surface area contributed by atoms with E-state index in [0.717, 1.165) is 0 Å². The largest absolute Gasteiger partial charge is 0.288 e. The molecule has 0 spiro atoms. The fourth-order valence-corrected chi connectivity index (χ4v) is 0.801. The second-order valence-electron chi connectivity index (χ2n) is 2.06. The summed E-state index contributed by atoms with van der Waals surface area (Å²) in [5, 5.41) is 10.2. The molecule has 58 valence electrons. The average molecular weight is 170 g/mol. The van der Waals surface area contributed by atoms with Crippen molar-refractivity contribution in [1.82, 2.24) is 4.98 Å². The van der Waals surface area contributed by atoms with Crippen LogP contribution < -0.4 is 0 Å². The van der Waals surface area contributed by atoms with E-state index in [4.69, 9.17) is 0 Å². The van der Waals surface area contributed by atoms with E-state index in [1.165, 1.54) is 12.3 Å². The standard InChI is InChI=1S/C6H6N2O2S/c1-4-6(11)2-5(3-7-4)8(9)10/h2-3,11H,1H3. The van der Waals surface area contributed by atoms with E-state index in [-0.39, 0.29) is 5.69 Å². The van der Waals surface area contributed by atoms with Crippen LogP contribution in [0, 0.1) is 17.0 Å². The van der Waals surface area contributed by atoms with Crippen LogP contribution in [0.15, 0.2) is 17.2 Å². The molecule has 0 radical (unpaired) electrons. The highest BCUT2D eigenvalue weighted by molar-refractivity contribution is 7.80. The molecular formula is C6H6N2O2S. The summed E-state index contributed by atoms with van der Waals surface area (Å²) in [6.45, 7) is 1.74. The van der Waals surface area contributed by atoms with Crippen molar-refractivity contribution in [3.63, 3.8) is 0 Å². The van der Waals surface area contributed by atoms with E-state index in [1.54, 1.807) is 6.92 Å². The van der Waals surface area contributed by atoms with Crippen molar-refractivity contribution < 1.29 is 4.92 Å². The number of hydrogen-bond donors (Lipinski definition) is 1. The maximum atomic E-state index is 10.2. The molecule has 1 aromatic heterocycles. The Labute approximate surface area is 68.8 Å². The van der Waals surface area contributed by atoms with Gasteiger partial charge in [0.1, 0.15) is 6.20 Å². The van der Waals surface area contributed by atoms with Crippen LogP contribution in [0.2, 0.25) is 0 Å². The lowest BCUT2D eigenvalue weighted by Crippen LogP contribution is -1.91. The molecule has 1 aromatic rings. The predicted octanol–water partition coefficient (Wildman–Crippen LogP) is 1.59. The second kappa shape index (κ2) is 2.87. The third-order valence-corrected chi connectivity index (χ3v) is 1.71. The Hall–Kier alpha value is -1.10. The molecule has 4 nitrogen and oxygen atoms in total. The van der Waals surface area contributed by atoms with Gasteiger partial charge in [-0.3, -0.25) is 15.1 Å². The highest BCUT2D eigenvalue weighted by Crippen LogP contribution is 2.16. The molecular weight excluding hydrogens is 164 g/mol. The lowest BCUT2D eigenvalue weighted by molar-refractivity contribution is -0.385. The fourth-order valence-electron chi connectivity index (χ4n) is 0.611.